The van der Waals surface area contributed by atoms with Crippen molar-refractivity contribution in [2.24, 2.45) is 5.92 Å². The van der Waals surface area contributed by atoms with Gasteiger partial charge < -0.3 is 10.2 Å². The Morgan fingerprint density at radius 1 is 1.20 bits per heavy atom. The lowest BCUT2D eigenvalue weighted by Gasteiger charge is -2.40. The highest BCUT2D eigenvalue weighted by Crippen LogP contribution is 2.36. The first-order valence-corrected chi connectivity index (χ1v) is 10.2. The number of rotatable bonds is 6. The highest BCUT2D eigenvalue weighted by atomic mass is 19.1. The van der Waals surface area contributed by atoms with Crippen LogP contribution >= 0.6 is 0 Å². The molecule has 0 aliphatic carbocycles. The van der Waals surface area contributed by atoms with Gasteiger partial charge in [0, 0.05) is 19.2 Å². The molecule has 8 heteroatoms. The fourth-order valence-electron chi connectivity index (χ4n) is 4.48. The van der Waals surface area contributed by atoms with Gasteiger partial charge in [0.1, 0.15) is 17.2 Å². The summed E-state index contributed by atoms with van der Waals surface area (Å²) in [7, 11) is 0. The van der Waals surface area contributed by atoms with Gasteiger partial charge in [-0.3, -0.25) is 14.5 Å². The molecule has 2 aliphatic heterocycles. The summed E-state index contributed by atoms with van der Waals surface area (Å²) < 4.78 is 26.7. The number of likely N-dealkylation sites (tertiary alicyclic amines) is 1. The van der Waals surface area contributed by atoms with Crippen LogP contribution in [-0.2, 0) is 16.0 Å². The van der Waals surface area contributed by atoms with Crippen LogP contribution in [0.15, 0.2) is 30.4 Å². The quantitative estimate of drug-likeness (QED) is 0.569. The Labute approximate surface area is 174 Å². The maximum Gasteiger partial charge on any atom is 0.325 e. The first-order valence-electron chi connectivity index (χ1n) is 10.2. The van der Waals surface area contributed by atoms with Gasteiger partial charge in [0.25, 0.3) is 5.91 Å². The summed E-state index contributed by atoms with van der Waals surface area (Å²) in [6.07, 6.45) is 1.50. The third-order valence-electron chi connectivity index (χ3n) is 6.01. The zero-order valence-corrected chi connectivity index (χ0v) is 17.3. The second-order valence-corrected chi connectivity index (χ2v) is 8.21. The molecule has 2 saturated heterocycles. The Bertz CT molecular complexity index is 860. The van der Waals surface area contributed by atoms with Gasteiger partial charge in [-0.15, -0.1) is 0 Å². The molecule has 0 bridgehead atoms. The van der Waals surface area contributed by atoms with Gasteiger partial charge in [0.2, 0.25) is 5.91 Å². The van der Waals surface area contributed by atoms with Gasteiger partial charge in [0.15, 0.2) is 0 Å². The third kappa shape index (κ3) is 4.22. The van der Waals surface area contributed by atoms with E-state index < -0.39 is 23.2 Å². The molecule has 0 radical (unpaired) electrons. The van der Waals surface area contributed by atoms with Gasteiger partial charge in [0.05, 0.1) is 13.0 Å². The fourth-order valence-corrected chi connectivity index (χ4v) is 4.48. The minimum atomic E-state index is -0.965. The lowest BCUT2D eigenvalue weighted by atomic mass is 9.75. The van der Waals surface area contributed by atoms with Crippen molar-refractivity contribution in [2.75, 3.05) is 19.6 Å². The normalized spacial score (nSPS) is 22.4. The summed E-state index contributed by atoms with van der Waals surface area (Å²) in [6.45, 7) is 8.46. The zero-order valence-electron chi connectivity index (χ0n) is 17.3. The molecule has 1 atom stereocenters. The standard InChI is InChI=1S/C22H27F2N3O3/c1-4-22(20(29)27(13-14(2)3)21(30)25-22)16-5-7-26(8-6-16)19(28)11-15-9-17(23)12-18(24)10-15/h9-10,12,16H,2,4-8,11,13H2,1,3H3,(H,25,30). The third-order valence-corrected chi connectivity index (χ3v) is 6.01. The predicted molar refractivity (Wildman–Crippen MR) is 107 cm³/mol. The number of carbonyl (C=O) groups excluding carboxylic acids is 3. The molecule has 30 heavy (non-hydrogen) atoms. The van der Waals surface area contributed by atoms with Crippen molar-refractivity contribution in [1.29, 1.82) is 0 Å². The number of nitrogens with zero attached hydrogens (tertiary/aromatic N) is 2. The highest BCUT2D eigenvalue weighted by Gasteiger charge is 2.54. The van der Waals surface area contributed by atoms with E-state index in [4.69, 9.17) is 0 Å². The SMILES string of the molecule is C=C(C)CN1C(=O)NC(CC)(C2CCN(C(=O)Cc3cc(F)cc(F)c3)CC2)C1=O. The van der Waals surface area contributed by atoms with Crippen LogP contribution in [0.1, 0.15) is 38.7 Å². The second kappa shape index (κ2) is 8.53. The number of urea groups is 1. The molecular formula is C22H27F2N3O3. The minimum Gasteiger partial charge on any atom is -0.342 e. The molecule has 0 saturated carbocycles. The number of hydrogen-bond acceptors (Lipinski definition) is 3. The molecular weight excluding hydrogens is 392 g/mol. The summed E-state index contributed by atoms with van der Waals surface area (Å²) in [5, 5.41) is 2.90. The Morgan fingerprint density at radius 3 is 2.33 bits per heavy atom. The topological polar surface area (TPSA) is 69.7 Å². The summed E-state index contributed by atoms with van der Waals surface area (Å²) in [5.41, 5.74) is 0.0470. The predicted octanol–water partition coefficient (Wildman–Crippen LogP) is 3.02. The van der Waals surface area contributed by atoms with Crippen molar-refractivity contribution in [3.63, 3.8) is 0 Å². The van der Waals surface area contributed by atoms with Crippen LogP contribution in [-0.4, -0.2) is 52.8 Å². The lowest BCUT2D eigenvalue weighted by Crippen LogP contribution is -2.56. The van der Waals surface area contributed by atoms with Crippen molar-refractivity contribution in [3.05, 3.63) is 47.5 Å². The van der Waals surface area contributed by atoms with Crippen LogP contribution in [0, 0.1) is 17.6 Å². The summed E-state index contributed by atoms with van der Waals surface area (Å²) in [6, 6.07) is 2.68. The van der Waals surface area contributed by atoms with Crippen molar-refractivity contribution in [1.82, 2.24) is 15.1 Å². The van der Waals surface area contributed by atoms with Crippen molar-refractivity contribution in [3.8, 4) is 0 Å². The Kier molecular flexibility index (Phi) is 6.24. The van der Waals surface area contributed by atoms with Gasteiger partial charge in [-0.05, 0) is 49.8 Å². The smallest absolute Gasteiger partial charge is 0.325 e. The molecule has 1 N–H and O–H groups in total. The second-order valence-electron chi connectivity index (χ2n) is 8.21. The van der Waals surface area contributed by atoms with Gasteiger partial charge in [-0.25, -0.2) is 13.6 Å². The number of imide groups is 1. The zero-order chi connectivity index (χ0) is 22.1. The molecule has 0 spiro atoms. The Hall–Kier alpha value is -2.77. The first kappa shape index (κ1) is 21.9. The highest BCUT2D eigenvalue weighted by molar-refractivity contribution is 6.07. The Morgan fingerprint density at radius 2 is 1.80 bits per heavy atom. The number of benzene rings is 1. The molecule has 1 aromatic rings. The number of amides is 4. The van der Waals surface area contributed by atoms with Crippen LogP contribution in [0.3, 0.4) is 0 Å². The van der Waals surface area contributed by atoms with E-state index in [2.05, 4.69) is 11.9 Å². The molecule has 162 valence electrons. The maximum absolute atomic E-state index is 13.4. The average molecular weight is 419 g/mol. The molecule has 2 heterocycles. The van der Waals surface area contributed by atoms with Crippen LogP contribution in [0.4, 0.5) is 13.6 Å². The molecule has 4 amide bonds. The number of halogens is 2. The van der Waals surface area contributed by atoms with E-state index in [1.807, 2.05) is 6.92 Å². The van der Waals surface area contributed by atoms with E-state index in [9.17, 15) is 23.2 Å². The van der Waals surface area contributed by atoms with Crippen LogP contribution in [0.2, 0.25) is 0 Å². The number of hydrogen-bond donors (Lipinski definition) is 1. The Balaban J connectivity index is 1.65. The summed E-state index contributed by atoms with van der Waals surface area (Å²) >= 11 is 0. The van der Waals surface area contributed by atoms with Gasteiger partial charge in [-0.2, -0.15) is 0 Å². The number of piperidine rings is 1. The van der Waals surface area contributed by atoms with E-state index in [-0.39, 0.29) is 30.7 Å². The molecule has 6 nitrogen and oxygen atoms in total. The molecule has 3 rings (SSSR count). The lowest BCUT2D eigenvalue weighted by molar-refractivity contribution is -0.135. The summed E-state index contributed by atoms with van der Waals surface area (Å²) in [4.78, 5) is 40.9. The average Bonchev–Trinajstić information content (AvgIpc) is 2.92. The molecule has 2 fully saturated rings. The van der Waals surface area contributed by atoms with Crippen LogP contribution < -0.4 is 5.32 Å². The molecule has 2 aliphatic rings. The molecule has 1 aromatic carbocycles. The largest absolute Gasteiger partial charge is 0.342 e. The van der Waals surface area contributed by atoms with Gasteiger partial charge >= 0.3 is 6.03 Å². The van der Waals surface area contributed by atoms with Crippen LogP contribution in [0.25, 0.3) is 0 Å². The van der Waals surface area contributed by atoms with Gasteiger partial charge in [-0.1, -0.05) is 19.1 Å². The van der Waals surface area contributed by atoms with E-state index in [1.165, 1.54) is 4.90 Å². The fraction of sp³-hybridized carbons (Fsp3) is 0.500. The van der Waals surface area contributed by atoms with E-state index >= 15 is 0 Å². The van der Waals surface area contributed by atoms with Crippen molar-refractivity contribution in [2.45, 2.75) is 45.1 Å². The number of carbonyl (C=O) groups is 3. The minimum absolute atomic E-state index is 0.0830. The molecule has 1 unspecified atom stereocenters. The maximum atomic E-state index is 13.4. The monoisotopic (exact) mass is 419 g/mol. The van der Waals surface area contributed by atoms with E-state index in [1.54, 1.807) is 11.8 Å². The molecule has 0 aromatic heterocycles. The van der Waals surface area contributed by atoms with E-state index in [0.717, 1.165) is 23.8 Å². The van der Waals surface area contributed by atoms with Crippen molar-refractivity contribution < 1.29 is 23.2 Å². The number of nitrogens with one attached hydrogen (secondary N) is 1. The van der Waals surface area contributed by atoms with E-state index in [0.29, 0.717) is 37.9 Å². The summed E-state index contributed by atoms with van der Waals surface area (Å²) in [5.74, 6) is -1.97. The first-order chi connectivity index (χ1) is 14.2. The van der Waals surface area contributed by atoms with Crippen molar-refractivity contribution >= 4 is 17.8 Å². The van der Waals surface area contributed by atoms with Crippen LogP contribution in [0.5, 0.6) is 0 Å².